The summed E-state index contributed by atoms with van der Waals surface area (Å²) in [6.07, 6.45) is 0. The van der Waals surface area contributed by atoms with Gasteiger partial charge in [-0.3, -0.25) is 4.79 Å². The van der Waals surface area contributed by atoms with Gasteiger partial charge in [-0.15, -0.1) is 10.2 Å². The Hall–Kier alpha value is -2.18. The number of hydrogen-bond donors (Lipinski definition) is 2. The monoisotopic (exact) mass is 221 g/mol. The Kier molecular flexibility index (Phi) is 2.67. The number of nitrogens with zero attached hydrogens (tertiary/aromatic N) is 3. The van der Waals surface area contributed by atoms with Gasteiger partial charge in [0.2, 0.25) is 0 Å². The van der Waals surface area contributed by atoms with Crippen molar-refractivity contribution in [3.05, 3.63) is 29.0 Å². The van der Waals surface area contributed by atoms with Crippen molar-refractivity contribution in [3.8, 4) is 0 Å². The van der Waals surface area contributed by atoms with Gasteiger partial charge in [0.1, 0.15) is 11.5 Å². The number of furan rings is 1. The smallest absolute Gasteiger partial charge is 0.255 e. The number of nitrogens with one attached hydrogen (secondary N) is 2. The lowest BCUT2D eigenvalue weighted by Gasteiger charge is -1.99. The van der Waals surface area contributed by atoms with Gasteiger partial charge in [-0.05, 0) is 19.9 Å². The summed E-state index contributed by atoms with van der Waals surface area (Å²) in [6.45, 7) is 3.78. The second-order valence-electron chi connectivity index (χ2n) is 3.34. The number of aryl methyl sites for hydroxylation is 2. The fourth-order valence-electron chi connectivity index (χ4n) is 1.37. The van der Waals surface area contributed by atoms with Crippen LogP contribution in [0, 0.1) is 13.8 Å². The zero-order valence-corrected chi connectivity index (χ0v) is 8.94. The molecule has 0 aliphatic rings. The molecule has 0 aromatic carbocycles. The van der Waals surface area contributed by atoms with Crippen LogP contribution in [0.25, 0.3) is 0 Å². The quantitative estimate of drug-likeness (QED) is 0.778. The van der Waals surface area contributed by atoms with Crippen LogP contribution in [0.2, 0.25) is 0 Å². The van der Waals surface area contributed by atoms with Crippen molar-refractivity contribution in [2.75, 3.05) is 0 Å². The first kappa shape index (κ1) is 10.3. The number of hydrogen-bond acceptors (Lipinski definition) is 5. The Morgan fingerprint density at radius 1 is 1.56 bits per heavy atom. The van der Waals surface area contributed by atoms with Crippen molar-refractivity contribution in [1.82, 2.24) is 25.9 Å². The number of amides is 1. The van der Waals surface area contributed by atoms with Crippen molar-refractivity contribution in [1.29, 1.82) is 0 Å². The van der Waals surface area contributed by atoms with Crippen LogP contribution in [0.5, 0.6) is 0 Å². The fraction of sp³-hybridized carbons (Fsp3) is 0.333. The summed E-state index contributed by atoms with van der Waals surface area (Å²) in [6, 6.07) is 1.70. The van der Waals surface area contributed by atoms with E-state index in [4.69, 9.17) is 4.42 Å². The molecule has 1 amide bonds. The maximum Gasteiger partial charge on any atom is 0.255 e. The van der Waals surface area contributed by atoms with Crippen LogP contribution < -0.4 is 5.32 Å². The Balaban J connectivity index is 2.01. The molecule has 0 saturated heterocycles. The lowest BCUT2D eigenvalue weighted by atomic mass is 10.2. The first-order valence-electron chi connectivity index (χ1n) is 4.74. The molecule has 0 bridgehead atoms. The zero-order valence-electron chi connectivity index (χ0n) is 8.94. The van der Waals surface area contributed by atoms with Crippen LogP contribution in [0.4, 0.5) is 0 Å². The average molecular weight is 221 g/mol. The standard InChI is InChI=1S/C9H11N5O2/c1-5-3-7(6(2)16-5)9(15)10-4-8-11-13-14-12-8/h3H,4H2,1-2H3,(H,10,15)(H,11,12,13,14). The number of H-pyrrole nitrogens is 1. The average Bonchev–Trinajstić information content (AvgIpc) is 2.84. The number of tetrazole rings is 1. The van der Waals surface area contributed by atoms with E-state index >= 15 is 0 Å². The molecule has 0 spiro atoms. The highest BCUT2D eigenvalue weighted by Crippen LogP contribution is 2.13. The van der Waals surface area contributed by atoms with E-state index in [1.807, 2.05) is 0 Å². The summed E-state index contributed by atoms with van der Waals surface area (Å²) in [5, 5.41) is 15.8. The van der Waals surface area contributed by atoms with Crippen LogP contribution in [0.1, 0.15) is 27.7 Å². The summed E-state index contributed by atoms with van der Waals surface area (Å²) in [7, 11) is 0. The molecule has 2 rings (SSSR count). The van der Waals surface area contributed by atoms with Crippen LogP contribution in [0.15, 0.2) is 10.5 Å². The topological polar surface area (TPSA) is 96.7 Å². The lowest BCUT2D eigenvalue weighted by molar-refractivity contribution is 0.0948. The molecule has 2 aromatic rings. The third-order valence-corrected chi connectivity index (χ3v) is 2.08. The van der Waals surface area contributed by atoms with Crippen molar-refractivity contribution >= 4 is 5.91 Å². The van der Waals surface area contributed by atoms with Gasteiger partial charge >= 0.3 is 0 Å². The third-order valence-electron chi connectivity index (χ3n) is 2.08. The SMILES string of the molecule is Cc1cc(C(=O)NCc2nn[nH]n2)c(C)o1. The second-order valence-corrected chi connectivity index (χ2v) is 3.34. The summed E-state index contributed by atoms with van der Waals surface area (Å²) in [5.41, 5.74) is 0.529. The first-order valence-corrected chi connectivity index (χ1v) is 4.74. The van der Waals surface area contributed by atoms with Crippen molar-refractivity contribution in [2.24, 2.45) is 0 Å². The van der Waals surface area contributed by atoms with E-state index in [1.165, 1.54) is 0 Å². The maximum absolute atomic E-state index is 11.7. The molecular formula is C9H11N5O2. The largest absolute Gasteiger partial charge is 0.466 e. The Morgan fingerprint density at radius 3 is 2.94 bits per heavy atom. The van der Waals surface area contributed by atoms with E-state index in [0.29, 0.717) is 22.9 Å². The zero-order chi connectivity index (χ0) is 11.5. The molecule has 2 aromatic heterocycles. The van der Waals surface area contributed by atoms with Crippen LogP contribution >= 0.6 is 0 Å². The van der Waals surface area contributed by atoms with Gasteiger partial charge in [0.05, 0.1) is 12.1 Å². The van der Waals surface area contributed by atoms with Gasteiger partial charge in [0.15, 0.2) is 5.82 Å². The van der Waals surface area contributed by atoms with Crippen molar-refractivity contribution in [2.45, 2.75) is 20.4 Å². The molecule has 16 heavy (non-hydrogen) atoms. The van der Waals surface area contributed by atoms with E-state index in [2.05, 4.69) is 25.9 Å². The van der Waals surface area contributed by atoms with Crippen molar-refractivity contribution < 1.29 is 9.21 Å². The second kappa shape index (κ2) is 4.13. The predicted molar refractivity (Wildman–Crippen MR) is 53.5 cm³/mol. The summed E-state index contributed by atoms with van der Waals surface area (Å²) >= 11 is 0. The van der Waals surface area contributed by atoms with Gasteiger partial charge in [0.25, 0.3) is 5.91 Å². The molecule has 0 saturated carbocycles. The highest BCUT2D eigenvalue weighted by molar-refractivity contribution is 5.95. The Morgan fingerprint density at radius 2 is 2.38 bits per heavy atom. The number of aromatic nitrogens is 4. The molecule has 0 aliphatic heterocycles. The molecule has 0 fully saturated rings. The molecule has 0 aliphatic carbocycles. The van der Waals surface area contributed by atoms with E-state index < -0.39 is 0 Å². The van der Waals surface area contributed by atoms with E-state index in [1.54, 1.807) is 19.9 Å². The number of rotatable bonds is 3. The first-order chi connectivity index (χ1) is 7.66. The van der Waals surface area contributed by atoms with Gasteiger partial charge in [0, 0.05) is 0 Å². The predicted octanol–water partition coefficient (Wildman–Crippen LogP) is 0.340. The molecule has 2 heterocycles. The van der Waals surface area contributed by atoms with Gasteiger partial charge in [-0.1, -0.05) is 5.21 Å². The molecular weight excluding hydrogens is 210 g/mol. The molecule has 0 atom stereocenters. The highest BCUT2D eigenvalue weighted by atomic mass is 16.3. The highest BCUT2D eigenvalue weighted by Gasteiger charge is 2.13. The molecule has 84 valence electrons. The van der Waals surface area contributed by atoms with Crippen molar-refractivity contribution in [3.63, 3.8) is 0 Å². The summed E-state index contributed by atoms with van der Waals surface area (Å²) < 4.78 is 5.26. The normalized spacial score (nSPS) is 10.4. The van der Waals surface area contributed by atoms with E-state index in [-0.39, 0.29) is 12.5 Å². The molecule has 7 nitrogen and oxygen atoms in total. The molecule has 0 unspecified atom stereocenters. The fourth-order valence-corrected chi connectivity index (χ4v) is 1.37. The molecule has 0 radical (unpaired) electrons. The molecule has 7 heteroatoms. The van der Waals surface area contributed by atoms with Gasteiger partial charge in [-0.2, -0.15) is 5.21 Å². The Bertz CT molecular complexity index is 488. The van der Waals surface area contributed by atoms with Gasteiger partial charge in [-0.25, -0.2) is 0 Å². The minimum Gasteiger partial charge on any atom is -0.466 e. The number of carbonyl (C=O) groups excluding carboxylic acids is 1. The minimum atomic E-state index is -0.209. The summed E-state index contributed by atoms with van der Waals surface area (Å²) in [4.78, 5) is 11.7. The molecule has 2 N–H and O–H groups in total. The van der Waals surface area contributed by atoms with Gasteiger partial charge < -0.3 is 9.73 Å². The third kappa shape index (κ3) is 2.08. The van der Waals surface area contributed by atoms with Crippen LogP contribution in [-0.4, -0.2) is 26.5 Å². The number of carbonyl (C=O) groups is 1. The van der Waals surface area contributed by atoms with E-state index in [0.717, 1.165) is 0 Å². The number of aromatic amines is 1. The Labute approximate surface area is 91.2 Å². The minimum absolute atomic E-state index is 0.209. The van der Waals surface area contributed by atoms with Crippen LogP contribution in [-0.2, 0) is 6.54 Å². The van der Waals surface area contributed by atoms with E-state index in [9.17, 15) is 4.79 Å². The van der Waals surface area contributed by atoms with Crippen LogP contribution in [0.3, 0.4) is 0 Å². The maximum atomic E-state index is 11.7. The lowest BCUT2D eigenvalue weighted by Crippen LogP contribution is -2.23. The summed E-state index contributed by atoms with van der Waals surface area (Å²) in [5.74, 6) is 1.54.